The van der Waals surface area contributed by atoms with Gasteiger partial charge in [-0.15, -0.1) is 0 Å². The molecular formula is C16H19BrN2. The van der Waals surface area contributed by atoms with Crippen molar-refractivity contribution in [2.24, 2.45) is 0 Å². The first-order valence-corrected chi connectivity index (χ1v) is 6.82. The van der Waals surface area contributed by atoms with Crippen LogP contribution in [0.2, 0.25) is 0 Å². The van der Waals surface area contributed by atoms with E-state index in [4.69, 9.17) is 8.22 Å². The van der Waals surface area contributed by atoms with Crippen LogP contribution in [-0.4, -0.2) is 30.4 Å². The number of rotatable bonds is 5. The molecule has 0 aliphatic heterocycles. The summed E-state index contributed by atoms with van der Waals surface area (Å²) in [6.45, 7) is -5.45. The van der Waals surface area contributed by atoms with E-state index in [0.717, 1.165) is 15.7 Å². The minimum atomic E-state index is -2.68. The quantitative estimate of drug-likeness (QED) is 0.828. The molecule has 0 N–H and O–H groups in total. The third kappa shape index (κ3) is 4.15. The highest BCUT2D eigenvalue weighted by Crippen LogP contribution is 2.27. The van der Waals surface area contributed by atoms with Crippen LogP contribution in [0.25, 0.3) is 0 Å². The van der Waals surface area contributed by atoms with Crippen molar-refractivity contribution in [3.8, 4) is 0 Å². The number of aromatic nitrogens is 1. The fraction of sp³-hybridized carbons (Fsp3) is 0.312. The van der Waals surface area contributed by atoms with Crippen LogP contribution in [0.3, 0.4) is 0 Å². The monoisotopic (exact) mass is 324 g/mol. The predicted octanol–water partition coefficient (Wildman–Crippen LogP) is 3.93. The van der Waals surface area contributed by atoms with Crippen molar-refractivity contribution in [2.45, 2.75) is 12.3 Å². The van der Waals surface area contributed by atoms with Crippen LogP contribution in [0, 0.1) is 0 Å². The smallest absolute Gasteiger partial charge is 0.0478 e. The fourth-order valence-corrected chi connectivity index (χ4v) is 2.29. The van der Waals surface area contributed by atoms with Gasteiger partial charge in [-0.1, -0.05) is 34.1 Å². The van der Waals surface area contributed by atoms with Crippen LogP contribution in [0.5, 0.6) is 0 Å². The van der Waals surface area contributed by atoms with Crippen molar-refractivity contribution in [2.75, 3.05) is 20.5 Å². The Labute approximate surface area is 132 Å². The molecule has 0 amide bonds. The first kappa shape index (κ1) is 8.18. The molecule has 3 heteroatoms. The van der Waals surface area contributed by atoms with Crippen molar-refractivity contribution in [3.05, 3.63) is 64.4 Å². The van der Waals surface area contributed by atoms with Gasteiger partial charge in [0.05, 0.1) is 0 Å². The molecule has 2 aromatic rings. The molecule has 2 rings (SSSR count). The van der Waals surface area contributed by atoms with Crippen molar-refractivity contribution >= 4 is 15.9 Å². The lowest BCUT2D eigenvalue weighted by molar-refractivity contribution is 0.389. The van der Waals surface area contributed by atoms with Crippen molar-refractivity contribution in [1.82, 2.24) is 9.88 Å². The van der Waals surface area contributed by atoms with Gasteiger partial charge in [0.1, 0.15) is 0 Å². The van der Waals surface area contributed by atoms with E-state index < -0.39 is 14.0 Å². The van der Waals surface area contributed by atoms with Gasteiger partial charge in [0.25, 0.3) is 0 Å². The second-order valence-electron chi connectivity index (χ2n) is 4.30. The summed E-state index contributed by atoms with van der Waals surface area (Å²) in [5, 5.41) is 0. The Hall–Kier alpha value is -1.19. The Balaban J connectivity index is 2.29. The summed E-state index contributed by atoms with van der Waals surface area (Å²) in [5.74, 6) is -0.193. The Kier molecular flexibility index (Phi) is 2.94. The molecule has 100 valence electrons. The minimum Gasteiger partial charge on any atom is -0.309 e. The summed E-state index contributed by atoms with van der Waals surface area (Å²) in [5.41, 5.74) is 1.73. The van der Waals surface area contributed by atoms with E-state index in [0.29, 0.717) is 11.3 Å². The molecule has 0 fully saturated rings. The van der Waals surface area contributed by atoms with Crippen LogP contribution in [0.15, 0.2) is 53.1 Å². The molecule has 0 radical (unpaired) electrons. The number of pyridine rings is 1. The van der Waals surface area contributed by atoms with E-state index in [2.05, 4.69) is 20.9 Å². The largest absolute Gasteiger partial charge is 0.309 e. The van der Waals surface area contributed by atoms with Gasteiger partial charge in [-0.05, 0) is 56.7 Å². The number of halogens is 1. The van der Waals surface area contributed by atoms with Crippen molar-refractivity contribution in [3.63, 3.8) is 0 Å². The first-order valence-electron chi connectivity index (χ1n) is 9.03. The average molecular weight is 325 g/mol. The van der Waals surface area contributed by atoms with Gasteiger partial charge >= 0.3 is 0 Å². The maximum atomic E-state index is 7.50. The summed E-state index contributed by atoms with van der Waals surface area (Å²) in [6.07, 6.45) is 2.00. The standard InChI is InChI=1S/C16H19BrN2/c1-19(2)12-10-15(16-5-3-4-11-18-16)13-6-8-14(17)9-7-13/h3-9,11,15H,10,12H2,1-2H3/t15-/m0/s1/i1D3,2D3. The molecule has 0 aliphatic rings. The highest BCUT2D eigenvalue weighted by atomic mass is 79.9. The molecular weight excluding hydrogens is 300 g/mol. The second kappa shape index (κ2) is 6.83. The Morgan fingerprint density at radius 1 is 1.21 bits per heavy atom. The zero-order valence-corrected chi connectivity index (χ0v) is 12.0. The third-order valence-corrected chi connectivity index (χ3v) is 3.49. The molecule has 1 atom stereocenters. The summed E-state index contributed by atoms with van der Waals surface area (Å²) in [6, 6.07) is 13.2. The fourth-order valence-electron chi connectivity index (χ4n) is 2.02. The van der Waals surface area contributed by atoms with Gasteiger partial charge in [0.2, 0.25) is 0 Å². The summed E-state index contributed by atoms with van der Waals surface area (Å²) in [7, 11) is 0. The maximum Gasteiger partial charge on any atom is 0.0478 e. The van der Waals surface area contributed by atoms with E-state index in [9.17, 15) is 0 Å². The summed E-state index contributed by atoms with van der Waals surface area (Å²) < 4.78 is 46.0. The third-order valence-electron chi connectivity index (χ3n) is 2.96. The van der Waals surface area contributed by atoms with Gasteiger partial charge in [-0.3, -0.25) is 4.98 Å². The molecule has 0 spiro atoms. The van der Waals surface area contributed by atoms with E-state index in [1.807, 2.05) is 36.4 Å². The lowest BCUT2D eigenvalue weighted by Crippen LogP contribution is -2.17. The molecule has 0 saturated carbocycles. The Morgan fingerprint density at radius 3 is 2.63 bits per heavy atom. The summed E-state index contributed by atoms with van der Waals surface area (Å²) >= 11 is 3.39. The summed E-state index contributed by atoms with van der Waals surface area (Å²) in [4.78, 5) is 4.96. The van der Waals surface area contributed by atoms with Crippen LogP contribution >= 0.6 is 15.9 Å². The van der Waals surface area contributed by atoms with Crippen LogP contribution in [0.1, 0.15) is 31.8 Å². The van der Waals surface area contributed by atoms with Crippen LogP contribution < -0.4 is 0 Å². The molecule has 1 aromatic carbocycles. The lowest BCUT2D eigenvalue weighted by Gasteiger charge is -2.19. The van der Waals surface area contributed by atoms with Crippen molar-refractivity contribution in [1.29, 1.82) is 0 Å². The maximum absolute atomic E-state index is 7.50. The topological polar surface area (TPSA) is 16.1 Å². The molecule has 0 unspecified atom stereocenters. The predicted molar refractivity (Wildman–Crippen MR) is 83.4 cm³/mol. The zero-order valence-electron chi connectivity index (χ0n) is 16.4. The number of hydrogen-bond donors (Lipinski definition) is 0. The van der Waals surface area contributed by atoms with E-state index in [-0.39, 0.29) is 12.5 Å². The number of benzene rings is 1. The molecule has 0 aliphatic carbocycles. The lowest BCUT2D eigenvalue weighted by atomic mass is 9.92. The van der Waals surface area contributed by atoms with Gasteiger partial charge in [0, 0.05) is 30.5 Å². The van der Waals surface area contributed by atoms with Crippen molar-refractivity contribution < 1.29 is 8.22 Å². The molecule has 1 aromatic heterocycles. The molecule has 0 bridgehead atoms. The van der Waals surface area contributed by atoms with Crippen LogP contribution in [-0.2, 0) is 0 Å². The molecule has 0 saturated heterocycles. The first-order chi connectivity index (χ1) is 11.6. The highest BCUT2D eigenvalue weighted by Gasteiger charge is 2.15. The average Bonchev–Trinajstić information content (AvgIpc) is 2.51. The number of hydrogen-bond acceptors (Lipinski definition) is 2. The minimum absolute atomic E-state index is 0.0930. The second-order valence-corrected chi connectivity index (χ2v) is 5.21. The van der Waals surface area contributed by atoms with Gasteiger partial charge in [-0.25, -0.2) is 0 Å². The van der Waals surface area contributed by atoms with Gasteiger partial charge in [-0.2, -0.15) is 0 Å². The number of nitrogens with zero attached hydrogens (tertiary/aromatic N) is 2. The SMILES string of the molecule is [2H]C([2H])([2H])N(CC[C@@H](c1ccc(Br)cc1)c1ccccn1)C([2H])([2H])[2H]. The zero-order chi connectivity index (χ0) is 18.7. The molecule has 19 heavy (non-hydrogen) atoms. The van der Waals surface area contributed by atoms with Gasteiger partial charge in [0.15, 0.2) is 0 Å². The van der Waals surface area contributed by atoms with E-state index in [1.54, 1.807) is 12.3 Å². The normalized spacial score (nSPS) is 18.6. The molecule has 2 nitrogen and oxygen atoms in total. The van der Waals surface area contributed by atoms with E-state index >= 15 is 0 Å². The highest BCUT2D eigenvalue weighted by molar-refractivity contribution is 9.10. The Morgan fingerprint density at radius 2 is 2.00 bits per heavy atom. The molecule has 1 heterocycles. The van der Waals surface area contributed by atoms with E-state index in [1.165, 1.54) is 0 Å². The van der Waals surface area contributed by atoms with Gasteiger partial charge < -0.3 is 4.90 Å². The van der Waals surface area contributed by atoms with Crippen LogP contribution in [0.4, 0.5) is 0 Å². The Bertz CT molecular complexity index is 656.